The molecule has 0 atom stereocenters. The summed E-state index contributed by atoms with van der Waals surface area (Å²) in [6.45, 7) is 1.27. The number of thiazole rings is 1. The number of nitrogens with zero attached hydrogens (tertiary/aromatic N) is 5. The van der Waals surface area contributed by atoms with Crippen LogP contribution in [0.2, 0.25) is 0 Å². The summed E-state index contributed by atoms with van der Waals surface area (Å²) in [5, 5.41) is 5.88. The molecule has 1 aliphatic carbocycles. The molecule has 1 amide bonds. The van der Waals surface area contributed by atoms with E-state index in [0.29, 0.717) is 41.8 Å². The maximum atomic E-state index is 13.6. The maximum absolute atomic E-state index is 13.6. The molecule has 4 aromatic rings. The van der Waals surface area contributed by atoms with Gasteiger partial charge in [-0.2, -0.15) is 0 Å². The second-order valence-electron chi connectivity index (χ2n) is 10.1. The number of halogens is 2. The third-order valence-electron chi connectivity index (χ3n) is 7.49. The van der Waals surface area contributed by atoms with E-state index in [1.54, 1.807) is 28.9 Å². The van der Waals surface area contributed by atoms with E-state index in [2.05, 4.69) is 10.1 Å². The van der Waals surface area contributed by atoms with Crippen molar-refractivity contribution in [3.63, 3.8) is 0 Å². The van der Waals surface area contributed by atoms with Crippen LogP contribution < -0.4 is 0 Å². The van der Waals surface area contributed by atoms with E-state index >= 15 is 0 Å². The summed E-state index contributed by atoms with van der Waals surface area (Å²) in [5.41, 5.74) is 2.44. The minimum atomic E-state index is -0.355. The SMILES string of the molecule is O=C(Cn1nc(-c2ccc(F)cc2)nc1-c1ccc(F)cc1)N1CCc2nc(C3CCCCC3)sc2CC1. The van der Waals surface area contributed by atoms with Gasteiger partial charge in [-0.3, -0.25) is 4.79 Å². The molecule has 0 unspecified atom stereocenters. The van der Waals surface area contributed by atoms with Crippen molar-refractivity contribution in [2.45, 2.75) is 57.4 Å². The first-order valence-electron chi connectivity index (χ1n) is 13.3. The maximum Gasteiger partial charge on any atom is 0.244 e. The Balaban J connectivity index is 1.20. The molecular weight excluding hydrogens is 504 g/mol. The van der Waals surface area contributed by atoms with Crippen molar-refractivity contribution in [3.8, 4) is 22.8 Å². The summed E-state index contributed by atoms with van der Waals surface area (Å²) in [7, 11) is 0. The van der Waals surface area contributed by atoms with Crippen molar-refractivity contribution >= 4 is 17.2 Å². The predicted octanol–water partition coefficient (Wildman–Crippen LogP) is 6.02. The van der Waals surface area contributed by atoms with Gasteiger partial charge in [0.2, 0.25) is 5.91 Å². The van der Waals surface area contributed by atoms with Gasteiger partial charge in [0, 0.05) is 47.9 Å². The third kappa shape index (κ3) is 5.25. The average molecular weight is 534 g/mol. The zero-order valence-electron chi connectivity index (χ0n) is 21.1. The van der Waals surface area contributed by atoms with E-state index in [9.17, 15) is 13.6 Å². The molecule has 2 aromatic carbocycles. The summed E-state index contributed by atoms with van der Waals surface area (Å²) in [4.78, 5) is 26.3. The van der Waals surface area contributed by atoms with Gasteiger partial charge in [0.1, 0.15) is 18.2 Å². The Morgan fingerprint density at radius 1 is 0.868 bits per heavy atom. The summed E-state index contributed by atoms with van der Waals surface area (Å²) in [5.74, 6) is 0.696. The number of aromatic nitrogens is 4. The third-order valence-corrected chi connectivity index (χ3v) is 8.81. The van der Waals surface area contributed by atoms with Crippen LogP contribution in [0.4, 0.5) is 8.78 Å². The number of hydrogen-bond donors (Lipinski definition) is 0. The van der Waals surface area contributed by atoms with E-state index in [4.69, 9.17) is 4.98 Å². The first kappa shape index (κ1) is 24.9. The van der Waals surface area contributed by atoms with Crippen LogP contribution in [0.3, 0.4) is 0 Å². The molecule has 0 bridgehead atoms. The number of carbonyl (C=O) groups is 1. The number of amides is 1. The molecule has 1 aliphatic heterocycles. The first-order valence-corrected chi connectivity index (χ1v) is 14.1. The van der Waals surface area contributed by atoms with E-state index < -0.39 is 0 Å². The van der Waals surface area contributed by atoms with Crippen LogP contribution in [-0.2, 0) is 24.2 Å². The van der Waals surface area contributed by atoms with Crippen molar-refractivity contribution < 1.29 is 13.6 Å². The largest absolute Gasteiger partial charge is 0.340 e. The van der Waals surface area contributed by atoms with Gasteiger partial charge in [0.05, 0.1) is 10.7 Å². The Kier molecular flexibility index (Phi) is 7.02. The number of fused-ring (bicyclic) bond motifs is 1. The minimum Gasteiger partial charge on any atom is -0.340 e. The lowest BCUT2D eigenvalue weighted by atomic mass is 9.90. The highest BCUT2D eigenvalue weighted by atomic mass is 32.1. The van der Waals surface area contributed by atoms with Crippen LogP contribution in [0.1, 0.15) is 53.6 Å². The summed E-state index contributed by atoms with van der Waals surface area (Å²) >= 11 is 1.84. The molecule has 38 heavy (non-hydrogen) atoms. The lowest BCUT2D eigenvalue weighted by Gasteiger charge is -2.21. The lowest BCUT2D eigenvalue weighted by Crippen LogP contribution is -2.36. The Labute approximate surface area is 224 Å². The average Bonchev–Trinajstić information content (AvgIpc) is 3.49. The normalized spacial score (nSPS) is 16.3. The number of carbonyl (C=O) groups excluding carboxylic acids is 1. The number of rotatable bonds is 5. The molecule has 0 spiro atoms. The summed E-state index contributed by atoms with van der Waals surface area (Å²) in [6.07, 6.45) is 7.97. The quantitative estimate of drug-likeness (QED) is 0.315. The molecule has 196 valence electrons. The fourth-order valence-corrected chi connectivity index (χ4v) is 6.64. The standard InChI is InChI=1S/C29H29F2N5OS/c30-22-10-6-19(7-11-22)27-33-28(20-8-12-23(31)13-9-20)36(34-27)18-26(37)35-16-14-24-25(15-17-35)38-29(32-24)21-4-2-1-3-5-21/h6-13,21H,1-5,14-18H2. The van der Waals surface area contributed by atoms with Gasteiger partial charge in [-0.1, -0.05) is 19.3 Å². The molecule has 6 nitrogen and oxygen atoms in total. The second kappa shape index (κ2) is 10.7. The molecule has 0 N–H and O–H groups in total. The zero-order chi connectivity index (χ0) is 26.1. The zero-order valence-corrected chi connectivity index (χ0v) is 21.9. The van der Waals surface area contributed by atoms with Crippen LogP contribution >= 0.6 is 11.3 Å². The monoisotopic (exact) mass is 533 g/mol. The van der Waals surface area contributed by atoms with Crippen molar-refractivity contribution in [1.29, 1.82) is 0 Å². The fraction of sp³-hybridized carbons (Fsp3) is 0.379. The molecule has 1 fully saturated rings. The highest BCUT2D eigenvalue weighted by Gasteiger charge is 2.26. The Morgan fingerprint density at radius 2 is 1.53 bits per heavy atom. The van der Waals surface area contributed by atoms with Crippen LogP contribution in [-0.4, -0.2) is 43.6 Å². The van der Waals surface area contributed by atoms with Crippen molar-refractivity contribution in [2.24, 2.45) is 0 Å². The lowest BCUT2D eigenvalue weighted by molar-refractivity contribution is -0.131. The second-order valence-corrected chi connectivity index (χ2v) is 11.2. The molecule has 9 heteroatoms. The molecule has 2 aromatic heterocycles. The summed E-state index contributed by atoms with van der Waals surface area (Å²) in [6, 6.07) is 11.9. The van der Waals surface area contributed by atoms with Gasteiger partial charge in [0.15, 0.2) is 11.6 Å². The van der Waals surface area contributed by atoms with Gasteiger partial charge >= 0.3 is 0 Å². The molecule has 1 saturated carbocycles. The molecule has 6 rings (SSSR count). The van der Waals surface area contributed by atoms with Gasteiger partial charge in [-0.05, 0) is 61.4 Å². The fourth-order valence-electron chi connectivity index (χ4n) is 5.37. The van der Waals surface area contributed by atoms with E-state index in [1.165, 1.54) is 66.3 Å². The molecule has 3 heterocycles. The molecular formula is C29H29F2N5OS. The first-order chi connectivity index (χ1) is 18.5. The molecule has 0 saturated heterocycles. The van der Waals surface area contributed by atoms with Crippen LogP contribution in [0, 0.1) is 11.6 Å². The number of hydrogen-bond acceptors (Lipinski definition) is 5. The van der Waals surface area contributed by atoms with E-state index in [1.807, 2.05) is 16.2 Å². The molecule has 0 radical (unpaired) electrons. The van der Waals surface area contributed by atoms with E-state index in [0.717, 1.165) is 18.5 Å². The van der Waals surface area contributed by atoms with Crippen LogP contribution in [0.25, 0.3) is 22.8 Å². The van der Waals surface area contributed by atoms with Crippen molar-refractivity contribution in [1.82, 2.24) is 24.6 Å². The highest BCUT2D eigenvalue weighted by Crippen LogP contribution is 2.37. The highest BCUT2D eigenvalue weighted by molar-refractivity contribution is 7.11. The smallest absolute Gasteiger partial charge is 0.244 e. The summed E-state index contributed by atoms with van der Waals surface area (Å²) < 4.78 is 28.6. The topological polar surface area (TPSA) is 63.9 Å². The number of benzene rings is 2. The predicted molar refractivity (Wildman–Crippen MR) is 143 cm³/mol. The van der Waals surface area contributed by atoms with Gasteiger partial charge in [0.25, 0.3) is 0 Å². The van der Waals surface area contributed by atoms with Crippen molar-refractivity contribution in [2.75, 3.05) is 13.1 Å². The van der Waals surface area contributed by atoms with Crippen LogP contribution in [0.5, 0.6) is 0 Å². The van der Waals surface area contributed by atoms with Gasteiger partial charge in [-0.15, -0.1) is 16.4 Å². The van der Waals surface area contributed by atoms with Gasteiger partial charge in [-0.25, -0.2) is 23.4 Å². The minimum absolute atomic E-state index is 0.00923. The van der Waals surface area contributed by atoms with E-state index in [-0.39, 0.29) is 24.1 Å². The van der Waals surface area contributed by atoms with Crippen LogP contribution in [0.15, 0.2) is 48.5 Å². The Morgan fingerprint density at radius 3 is 2.24 bits per heavy atom. The Bertz CT molecular complexity index is 1400. The Hall–Kier alpha value is -3.46. The molecule has 2 aliphatic rings. The van der Waals surface area contributed by atoms with Crippen molar-refractivity contribution in [3.05, 3.63) is 75.7 Å². The van der Waals surface area contributed by atoms with Gasteiger partial charge < -0.3 is 4.90 Å².